The second kappa shape index (κ2) is 6.18. The molecular weight excluding hydrogens is 232 g/mol. The second-order valence-electron chi connectivity index (χ2n) is 4.91. The van der Waals surface area contributed by atoms with E-state index in [4.69, 9.17) is 4.74 Å². The molecule has 2 amide bonds. The van der Waals surface area contributed by atoms with Crippen molar-refractivity contribution in [3.8, 4) is 0 Å². The largest absolute Gasteiger partial charge is 0.382 e. The molecule has 1 unspecified atom stereocenters. The predicted molar refractivity (Wildman–Crippen MR) is 67.0 cm³/mol. The molecule has 5 nitrogen and oxygen atoms in total. The van der Waals surface area contributed by atoms with Crippen LogP contribution in [-0.2, 0) is 14.3 Å². The van der Waals surface area contributed by atoms with Gasteiger partial charge in [0.25, 0.3) is 0 Å². The highest BCUT2D eigenvalue weighted by molar-refractivity contribution is 5.95. The summed E-state index contributed by atoms with van der Waals surface area (Å²) in [4.78, 5) is 27.7. The number of fused-ring (bicyclic) bond motifs is 1. The van der Waals surface area contributed by atoms with Crippen LogP contribution < -0.4 is 0 Å². The average molecular weight is 254 g/mol. The van der Waals surface area contributed by atoms with Crippen LogP contribution in [0.25, 0.3) is 0 Å². The third-order valence-corrected chi connectivity index (χ3v) is 3.67. The zero-order valence-corrected chi connectivity index (χ0v) is 11.1. The molecule has 2 heterocycles. The van der Waals surface area contributed by atoms with Crippen LogP contribution >= 0.6 is 0 Å². The van der Waals surface area contributed by atoms with Gasteiger partial charge < -0.3 is 14.5 Å². The molecule has 0 spiro atoms. The highest BCUT2D eigenvalue weighted by atomic mass is 16.5. The highest BCUT2D eigenvalue weighted by Gasteiger charge is 2.39. The summed E-state index contributed by atoms with van der Waals surface area (Å²) in [5.74, 6) is 0.238. The maximum Gasteiger partial charge on any atom is 0.245 e. The smallest absolute Gasteiger partial charge is 0.245 e. The third-order valence-electron chi connectivity index (χ3n) is 3.67. The number of hydrogen-bond donors (Lipinski definition) is 0. The van der Waals surface area contributed by atoms with Crippen LogP contribution in [0.15, 0.2) is 0 Å². The zero-order valence-electron chi connectivity index (χ0n) is 11.1. The molecule has 5 heteroatoms. The molecule has 2 fully saturated rings. The molecule has 0 radical (unpaired) electrons. The van der Waals surface area contributed by atoms with Crippen molar-refractivity contribution >= 4 is 11.8 Å². The molecule has 0 bridgehead atoms. The zero-order chi connectivity index (χ0) is 13.0. The van der Waals surface area contributed by atoms with E-state index in [9.17, 15) is 9.59 Å². The Morgan fingerprint density at radius 2 is 2.17 bits per heavy atom. The number of amides is 2. The quantitative estimate of drug-likeness (QED) is 0.676. The summed E-state index contributed by atoms with van der Waals surface area (Å²) in [7, 11) is 0. The van der Waals surface area contributed by atoms with Crippen molar-refractivity contribution in [2.45, 2.75) is 38.6 Å². The van der Waals surface area contributed by atoms with Crippen molar-refractivity contribution < 1.29 is 14.3 Å². The summed E-state index contributed by atoms with van der Waals surface area (Å²) < 4.78 is 5.26. The summed E-state index contributed by atoms with van der Waals surface area (Å²) in [6.45, 7) is 4.94. The Hall–Kier alpha value is -1.10. The van der Waals surface area contributed by atoms with Crippen molar-refractivity contribution in [1.82, 2.24) is 9.80 Å². The van der Waals surface area contributed by atoms with Crippen LogP contribution in [0.5, 0.6) is 0 Å². The van der Waals surface area contributed by atoms with Crippen LogP contribution in [0, 0.1) is 0 Å². The Bertz CT molecular complexity index is 319. The minimum Gasteiger partial charge on any atom is -0.382 e. The van der Waals surface area contributed by atoms with Crippen molar-refractivity contribution in [2.24, 2.45) is 0 Å². The third kappa shape index (κ3) is 2.83. The van der Waals surface area contributed by atoms with E-state index in [2.05, 4.69) is 0 Å². The average Bonchev–Trinajstić information content (AvgIpc) is 2.40. The fourth-order valence-corrected chi connectivity index (χ4v) is 2.72. The van der Waals surface area contributed by atoms with Gasteiger partial charge in [-0.25, -0.2) is 0 Å². The molecule has 2 aliphatic heterocycles. The second-order valence-corrected chi connectivity index (χ2v) is 4.91. The van der Waals surface area contributed by atoms with E-state index >= 15 is 0 Å². The Morgan fingerprint density at radius 1 is 1.33 bits per heavy atom. The molecule has 0 aliphatic carbocycles. The summed E-state index contributed by atoms with van der Waals surface area (Å²) >= 11 is 0. The van der Waals surface area contributed by atoms with Gasteiger partial charge in [-0.2, -0.15) is 0 Å². The van der Waals surface area contributed by atoms with Gasteiger partial charge in [0.1, 0.15) is 6.04 Å². The summed E-state index contributed by atoms with van der Waals surface area (Å²) in [6.07, 6.45) is 3.71. The molecule has 2 rings (SSSR count). The number of rotatable bonds is 5. The van der Waals surface area contributed by atoms with Gasteiger partial charge in [-0.3, -0.25) is 9.59 Å². The Labute approximate surface area is 108 Å². The molecule has 18 heavy (non-hydrogen) atoms. The molecule has 2 saturated heterocycles. The first-order valence-electron chi connectivity index (χ1n) is 6.90. The lowest BCUT2D eigenvalue weighted by Crippen LogP contribution is -2.61. The molecule has 0 aromatic rings. The maximum absolute atomic E-state index is 12.3. The standard InChI is InChI=1S/C13H22N2O3/c1-2-18-9-5-7-14-10-12(16)15-8-4-3-6-11(15)13(14)17/h11H,2-10H2,1H3. The molecule has 0 aromatic heterocycles. The normalized spacial score (nSPS) is 24.4. The van der Waals surface area contributed by atoms with E-state index in [0.717, 1.165) is 32.2 Å². The minimum absolute atomic E-state index is 0.107. The lowest BCUT2D eigenvalue weighted by Gasteiger charge is -2.42. The lowest BCUT2D eigenvalue weighted by atomic mass is 9.98. The van der Waals surface area contributed by atoms with Gasteiger partial charge in [-0.15, -0.1) is 0 Å². The summed E-state index contributed by atoms with van der Waals surface area (Å²) in [6, 6.07) is -0.188. The van der Waals surface area contributed by atoms with Gasteiger partial charge in [0.05, 0.1) is 6.54 Å². The Balaban J connectivity index is 1.88. The van der Waals surface area contributed by atoms with Crippen molar-refractivity contribution in [3.63, 3.8) is 0 Å². The number of ether oxygens (including phenoxy) is 1. The number of piperidine rings is 1. The molecular formula is C13H22N2O3. The monoisotopic (exact) mass is 254 g/mol. The molecule has 0 saturated carbocycles. The van der Waals surface area contributed by atoms with E-state index in [1.54, 1.807) is 9.80 Å². The van der Waals surface area contributed by atoms with E-state index in [-0.39, 0.29) is 24.4 Å². The lowest BCUT2D eigenvalue weighted by molar-refractivity contribution is -0.157. The first-order valence-corrected chi connectivity index (χ1v) is 6.90. The van der Waals surface area contributed by atoms with Gasteiger partial charge in [0, 0.05) is 26.3 Å². The van der Waals surface area contributed by atoms with E-state index < -0.39 is 0 Å². The van der Waals surface area contributed by atoms with Gasteiger partial charge in [0.2, 0.25) is 11.8 Å². The van der Waals surface area contributed by atoms with Gasteiger partial charge >= 0.3 is 0 Å². The first kappa shape index (κ1) is 13.3. The van der Waals surface area contributed by atoms with Crippen LogP contribution in [0.4, 0.5) is 0 Å². The van der Waals surface area contributed by atoms with Gasteiger partial charge in [-0.1, -0.05) is 0 Å². The van der Waals surface area contributed by atoms with Crippen LogP contribution in [0.2, 0.25) is 0 Å². The van der Waals surface area contributed by atoms with Crippen molar-refractivity contribution in [2.75, 3.05) is 32.8 Å². The number of carbonyl (C=O) groups is 2. The number of carbonyl (C=O) groups excluding carboxylic acids is 2. The van der Waals surface area contributed by atoms with E-state index in [1.165, 1.54) is 0 Å². The predicted octanol–water partition coefficient (Wildman–Crippen LogP) is 0.636. The molecule has 102 valence electrons. The Morgan fingerprint density at radius 3 is 2.94 bits per heavy atom. The topological polar surface area (TPSA) is 49.9 Å². The van der Waals surface area contributed by atoms with E-state index in [0.29, 0.717) is 19.8 Å². The van der Waals surface area contributed by atoms with Crippen LogP contribution in [0.3, 0.4) is 0 Å². The number of nitrogens with zero attached hydrogens (tertiary/aromatic N) is 2. The summed E-state index contributed by atoms with van der Waals surface area (Å²) in [5, 5.41) is 0. The summed E-state index contributed by atoms with van der Waals surface area (Å²) in [5.41, 5.74) is 0. The first-order chi connectivity index (χ1) is 8.74. The minimum atomic E-state index is -0.188. The van der Waals surface area contributed by atoms with Crippen LogP contribution in [-0.4, -0.2) is 60.5 Å². The van der Waals surface area contributed by atoms with E-state index in [1.807, 2.05) is 6.92 Å². The molecule has 0 aromatic carbocycles. The number of hydrogen-bond acceptors (Lipinski definition) is 3. The number of piperazine rings is 1. The van der Waals surface area contributed by atoms with Crippen molar-refractivity contribution in [3.05, 3.63) is 0 Å². The van der Waals surface area contributed by atoms with Crippen LogP contribution in [0.1, 0.15) is 32.6 Å². The van der Waals surface area contributed by atoms with Gasteiger partial charge in [-0.05, 0) is 32.6 Å². The molecule has 1 atom stereocenters. The maximum atomic E-state index is 12.3. The highest BCUT2D eigenvalue weighted by Crippen LogP contribution is 2.23. The SMILES string of the molecule is CCOCCCN1CC(=O)N2CCCCC2C1=O. The fourth-order valence-electron chi connectivity index (χ4n) is 2.72. The Kier molecular flexibility index (Phi) is 4.58. The molecule has 0 N–H and O–H groups in total. The molecule has 2 aliphatic rings. The van der Waals surface area contributed by atoms with Crippen molar-refractivity contribution in [1.29, 1.82) is 0 Å². The van der Waals surface area contributed by atoms with Gasteiger partial charge in [0.15, 0.2) is 0 Å². The fraction of sp³-hybridized carbons (Fsp3) is 0.846.